The maximum atomic E-state index is 6.53. The molecule has 2 rings (SSSR count). The molecule has 0 bridgehead atoms. The monoisotopic (exact) mass is 283 g/mol. The van der Waals surface area contributed by atoms with Gasteiger partial charge in [-0.15, -0.1) is 0 Å². The van der Waals surface area contributed by atoms with E-state index in [-0.39, 0.29) is 5.60 Å². The predicted octanol–water partition coefficient (Wildman–Crippen LogP) is 3.52. The van der Waals surface area contributed by atoms with Crippen LogP contribution < -0.4 is 5.32 Å². The quantitative estimate of drug-likeness (QED) is 0.691. The SMILES string of the molecule is CCCNCC1(OC2CCOC2)CCC(CCC)CC1. The molecule has 1 atom stereocenters. The lowest BCUT2D eigenvalue weighted by molar-refractivity contribution is -0.117. The van der Waals surface area contributed by atoms with Gasteiger partial charge >= 0.3 is 0 Å². The second-order valence-electron chi connectivity index (χ2n) is 6.70. The molecular formula is C17H33NO2. The summed E-state index contributed by atoms with van der Waals surface area (Å²) >= 11 is 0. The molecule has 0 aromatic carbocycles. The number of rotatable bonds is 8. The second kappa shape index (κ2) is 8.35. The minimum Gasteiger partial charge on any atom is -0.379 e. The minimum atomic E-state index is 0.0811. The molecule has 1 saturated carbocycles. The fourth-order valence-electron chi connectivity index (χ4n) is 3.69. The van der Waals surface area contributed by atoms with Gasteiger partial charge in [-0.25, -0.2) is 0 Å². The van der Waals surface area contributed by atoms with E-state index in [1.807, 2.05) is 0 Å². The summed E-state index contributed by atoms with van der Waals surface area (Å²) in [5, 5.41) is 3.60. The Morgan fingerprint density at radius 2 is 1.95 bits per heavy atom. The van der Waals surface area contributed by atoms with E-state index < -0.39 is 0 Å². The zero-order valence-corrected chi connectivity index (χ0v) is 13.5. The zero-order chi connectivity index (χ0) is 14.3. The summed E-state index contributed by atoms with van der Waals surface area (Å²) in [4.78, 5) is 0. The summed E-state index contributed by atoms with van der Waals surface area (Å²) in [7, 11) is 0. The van der Waals surface area contributed by atoms with Crippen molar-refractivity contribution in [3.8, 4) is 0 Å². The van der Waals surface area contributed by atoms with Crippen molar-refractivity contribution in [3.05, 3.63) is 0 Å². The van der Waals surface area contributed by atoms with Gasteiger partial charge in [0.1, 0.15) is 0 Å². The highest BCUT2D eigenvalue weighted by Crippen LogP contribution is 2.38. The Balaban J connectivity index is 1.86. The molecule has 0 radical (unpaired) electrons. The third-order valence-electron chi connectivity index (χ3n) is 4.89. The molecule has 20 heavy (non-hydrogen) atoms. The Morgan fingerprint density at radius 1 is 1.15 bits per heavy atom. The van der Waals surface area contributed by atoms with Crippen molar-refractivity contribution in [3.63, 3.8) is 0 Å². The van der Waals surface area contributed by atoms with Gasteiger partial charge in [0.15, 0.2) is 0 Å². The van der Waals surface area contributed by atoms with Crippen molar-refractivity contribution < 1.29 is 9.47 Å². The van der Waals surface area contributed by atoms with Crippen LogP contribution >= 0.6 is 0 Å². The molecule has 1 heterocycles. The highest BCUT2D eigenvalue weighted by Gasteiger charge is 2.38. The summed E-state index contributed by atoms with van der Waals surface area (Å²) in [6.45, 7) is 8.33. The van der Waals surface area contributed by atoms with E-state index in [0.717, 1.165) is 38.6 Å². The number of nitrogens with one attached hydrogen (secondary N) is 1. The van der Waals surface area contributed by atoms with Gasteiger partial charge in [-0.3, -0.25) is 0 Å². The molecule has 1 aliphatic heterocycles. The molecule has 2 fully saturated rings. The van der Waals surface area contributed by atoms with Crippen LogP contribution in [0.1, 0.15) is 65.2 Å². The molecule has 2 aliphatic rings. The molecule has 3 heteroatoms. The first-order chi connectivity index (χ1) is 9.78. The number of hydrogen-bond acceptors (Lipinski definition) is 3. The molecule has 0 aromatic heterocycles. The van der Waals surface area contributed by atoms with Gasteiger partial charge in [0.05, 0.1) is 18.3 Å². The molecule has 0 amide bonds. The van der Waals surface area contributed by atoms with Crippen LogP contribution in [0.25, 0.3) is 0 Å². The summed E-state index contributed by atoms with van der Waals surface area (Å²) < 4.78 is 12.0. The number of ether oxygens (including phenoxy) is 2. The second-order valence-corrected chi connectivity index (χ2v) is 6.70. The number of hydrogen-bond donors (Lipinski definition) is 1. The smallest absolute Gasteiger partial charge is 0.0838 e. The first-order valence-corrected chi connectivity index (χ1v) is 8.74. The van der Waals surface area contributed by atoms with Crippen LogP contribution in [0, 0.1) is 5.92 Å². The van der Waals surface area contributed by atoms with Crippen molar-refractivity contribution in [2.24, 2.45) is 5.92 Å². The lowest BCUT2D eigenvalue weighted by Crippen LogP contribution is -2.48. The van der Waals surface area contributed by atoms with Gasteiger partial charge in [-0.1, -0.05) is 26.7 Å². The van der Waals surface area contributed by atoms with Crippen LogP contribution in [0.2, 0.25) is 0 Å². The third-order valence-corrected chi connectivity index (χ3v) is 4.89. The fourth-order valence-corrected chi connectivity index (χ4v) is 3.69. The Morgan fingerprint density at radius 3 is 2.55 bits per heavy atom. The Kier molecular flexibility index (Phi) is 6.79. The predicted molar refractivity (Wildman–Crippen MR) is 83.1 cm³/mol. The molecule has 118 valence electrons. The molecule has 0 spiro atoms. The first kappa shape index (κ1) is 16.3. The molecule has 3 nitrogen and oxygen atoms in total. The summed E-state index contributed by atoms with van der Waals surface area (Å²) in [6.07, 6.45) is 10.5. The van der Waals surface area contributed by atoms with Crippen LogP contribution in [0.15, 0.2) is 0 Å². The highest BCUT2D eigenvalue weighted by atomic mass is 16.6. The van der Waals surface area contributed by atoms with Crippen LogP contribution in [0.5, 0.6) is 0 Å². The molecule has 1 aliphatic carbocycles. The minimum absolute atomic E-state index is 0.0811. The Hall–Kier alpha value is -0.120. The van der Waals surface area contributed by atoms with Gasteiger partial charge in [0, 0.05) is 13.2 Å². The van der Waals surface area contributed by atoms with E-state index in [4.69, 9.17) is 9.47 Å². The third kappa shape index (κ3) is 4.71. The highest BCUT2D eigenvalue weighted by molar-refractivity contribution is 4.90. The molecule has 0 aromatic rings. The van der Waals surface area contributed by atoms with E-state index in [0.29, 0.717) is 6.10 Å². The zero-order valence-electron chi connectivity index (χ0n) is 13.5. The summed E-state index contributed by atoms with van der Waals surface area (Å²) in [6, 6.07) is 0. The molecule has 1 unspecified atom stereocenters. The Bertz CT molecular complexity index is 256. The maximum absolute atomic E-state index is 6.53. The topological polar surface area (TPSA) is 30.5 Å². The summed E-state index contributed by atoms with van der Waals surface area (Å²) in [5.41, 5.74) is 0.0811. The van der Waals surface area contributed by atoms with E-state index in [9.17, 15) is 0 Å². The van der Waals surface area contributed by atoms with E-state index in [1.54, 1.807) is 0 Å². The fraction of sp³-hybridized carbons (Fsp3) is 1.00. The van der Waals surface area contributed by atoms with Gasteiger partial charge in [-0.05, 0) is 51.0 Å². The molecular weight excluding hydrogens is 250 g/mol. The molecule has 1 N–H and O–H groups in total. The van der Waals surface area contributed by atoms with E-state index in [2.05, 4.69) is 19.2 Å². The standard InChI is InChI=1S/C17H33NO2/c1-3-5-15-6-9-17(10-7-15,14-18-11-4-2)20-16-8-12-19-13-16/h15-16,18H,3-14H2,1-2H3. The largest absolute Gasteiger partial charge is 0.379 e. The van der Waals surface area contributed by atoms with Gasteiger partial charge in [0.2, 0.25) is 0 Å². The first-order valence-electron chi connectivity index (χ1n) is 8.74. The lowest BCUT2D eigenvalue weighted by Gasteiger charge is -2.42. The van der Waals surface area contributed by atoms with Gasteiger partial charge in [0.25, 0.3) is 0 Å². The van der Waals surface area contributed by atoms with Gasteiger partial charge < -0.3 is 14.8 Å². The van der Waals surface area contributed by atoms with Crippen LogP contribution in [0.3, 0.4) is 0 Å². The van der Waals surface area contributed by atoms with Crippen molar-refractivity contribution >= 4 is 0 Å². The van der Waals surface area contributed by atoms with Crippen LogP contribution in [-0.2, 0) is 9.47 Å². The average molecular weight is 283 g/mol. The normalized spacial score (nSPS) is 34.5. The van der Waals surface area contributed by atoms with Gasteiger partial charge in [-0.2, -0.15) is 0 Å². The maximum Gasteiger partial charge on any atom is 0.0838 e. The van der Waals surface area contributed by atoms with E-state index in [1.165, 1.54) is 44.9 Å². The lowest BCUT2D eigenvalue weighted by atomic mass is 9.77. The van der Waals surface area contributed by atoms with Crippen molar-refractivity contribution in [2.45, 2.75) is 76.9 Å². The average Bonchev–Trinajstić information content (AvgIpc) is 2.95. The van der Waals surface area contributed by atoms with Crippen molar-refractivity contribution in [1.29, 1.82) is 0 Å². The van der Waals surface area contributed by atoms with E-state index >= 15 is 0 Å². The van der Waals surface area contributed by atoms with Crippen molar-refractivity contribution in [2.75, 3.05) is 26.3 Å². The molecule has 1 saturated heterocycles. The van der Waals surface area contributed by atoms with Crippen LogP contribution in [0.4, 0.5) is 0 Å². The van der Waals surface area contributed by atoms with Crippen LogP contribution in [-0.4, -0.2) is 38.0 Å². The van der Waals surface area contributed by atoms with Crippen molar-refractivity contribution in [1.82, 2.24) is 5.32 Å². The summed E-state index contributed by atoms with van der Waals surface area (Å²) in [5.74, 6) is 0.933. The Labute approximate surface area is 124 Å².